The Bertz CT molecular complexity index is 953. The van der Waals surface area contributed by atoms with Crippen LogP contribution in [0.4, 0.5) is 0 Å². The number of likely N-dealkylation sites (N-methyl/N-ethyl adjacent to an activating group) is 1. The van der Waals surface area contributed by atoms with Crippen LogP contribution in [-0.2, 0) is 19.4 Å². The number of carbonyl (C=O) groups is 2. The monoisotopic (exact) mass is 421 g/mol. The predicted molar refractivity (Wildman–Crippen MR) is 109 cm³/mol. The van der Waals surface area contributed by atoms with Crippen LogP contribution in [0.3, 0.4) is 0 Å². The van der Waals surface area contributed by atoms with Gasteiger partial charge in [0.1, 0.15) is 11.0 Å². The second-order valence-electron chi connectivity index (χ2n) is 7.06. The maximum Gasteiger partial charge on any atom is 0.309 e. The fraction of sp³-hybridized carbons (Fsp3) is 0.400. The molecule has 29 heavy (non-hydrogen) atoms. The number of furan rings is 1. The topological polar surface area (TPSA) is 109 Å². The highest BCUT2D eigenvalue weighted by molar-refractivity contribution is 7.91. The summed E-state index contributed by atoms with van der Waals surface area (Å²) >= 11 is 0. The minimum atomic E-state index is -3.86. The van der Waals surface area contributed by atoms with E-state index in [9.17, 15) is 18.0 Å². The van der Waals surface area contributed by atoms with Crippen molar-refractivity contribution < 1.29 is 22.4 Å². The molecule has 0 saturated carbocycles. The largest absolute Gasteiger partial charge is 0.468 e. The summed E-state index contributed by atoms with van der Waals surface area (Å²) in [7, 11) is -0.170. The third kappa shape index (κ3) is 5.91. The minimum absolute atomic E-state index is 0.131. The van der Waals surface area contributed by atoms with Crippen molar-refractivity contribution in [3.8, 4) is 0 Å². The number of aryl methyl sites for hydroxylation is 2. The molecule has 2 amide bonds. The Morgan fingerprint density at radius 3 is 2.34 bits per heavy atom. The van der Waals surface area contributed by atoms with E-state index in [4.69, 9.17) is 4.42 Å². The van der Waals surface area contributed by atoms with Gasteiger partial charge in [-0.2, -0.15) is 0 Å². The van der Waals surface area contributed by atoms with E-state index in [1.165, 1.54) is 18.4 Å². The zero-order chi connectivity index (χ0) is 21.6. The molecule has 1 aromatic heterocycles. The number of sulfone groups is 1. The fourth-order valence-corrected chi connectivity index (χ4v) is 4.30. The van der Waals surface area contributed by atoms with Crippen LogP contribution in [0, 0.1) is 13.8 Å². The van der Waals surface area contributed by atoms with Crippen molar-refractivity contribution >= 4 is 21.7 Å². The Morgan fingerprint density at radius 2 is 1.76 bits per heavy atom. The number of hydrogen-bond donors (Lipinski definition) is 2. The number of amides is 2. The zero-order valence-electron chi connectivity index (χ0n) is 17.1. The van der Waals surface area contributed by atoms with Crippen LogP contribution in [0.1, 0.15) is 22.1 Å². The number of rotatable bonds is 8. The molecular weight excluding hydrogens is 394 g/mol. The smallest absolute Gasteiger partial charge is 0.309 e. The van der Waals surface area contributed by atoms with Crippen LogP contribution in [-0.4, -0.2) is 58.9 Å². The van der Waals surface area contributed by atoms with E-state index in [2.05, 4.69) is 10.6 Å². The Balaban J connectivity index is 2.16. The molecule has 0 fully saturated rings. The van der Waals surface area contributed by atoms with Crippen LogP contribution >= 0.6 is 0 Å². The Labute approximate surface area is 171 Å². The third-order valence-electron chi connectivity index (χ3n) is 4.54. The molecule has 2 N–H and O–H groups in total. The molecule has 0 aliphatic heterocycles. The van der Waals surface area contributed by atoms with Gasteiger partial charge in [-0.05, 0) is 63.3 Å². The summed E-state index contributed by atoms with van der Waals surface area (Å²) in [4.78, 5) is 26.0. The van der Waals surface area contributed by atoms with Gasteiger partial charge >= 0.3 is 11.8 Å². The van der Waals surface area contributed by atoms with Crippen LogP contribution in [0.25, 0.3) is 0 Å². The van der Waals surface area contributed by atoms with Gasteiger partial charge in [-0.1, -0.05) is 6.07 Å². The van der Waals surface area contributed by atoms with Crippen molar-refractivity contribution in [1.82, 2.24) is 15.5 Å². The predicted octanol–water partition coefficient (Wildman–Crippen LogP) is 1.21. The first-order valence-corrected chi connectivity index (χ1v) is 10.7. The van der Waals surface area contributed by atoms with Crippen LogP contribution in [0.2, 0.25) is 0 Å². The van der Waals surface area contributed by atoms with E-state index in [1.54, 1.807) is 18.2 Å². The summed E-state index contributed by atoms with van der Waals surface area (Å²) in [6.45, 7) is 4.32. The standard InChI is InChI=1S/C20H27N3O5S/c1-14-7-8-16(12-15(14)2)29(26,27)18(17-6-5-11-28-17)13-22-20(25)19(24)21-9-10-23(3)4/h5-8,11-12,18H,9-10,13H2,1-4H3,(H,21,24)(H,22,25)/t18-/m1/s1. The highest BCUT2D eigenvalue weighted by Gasteiger charge is 2.32. The average Bonchev–Trinajstić information content (AvgIpc) is 3.17. The molecule has 0 unspecified atom stereocenters. The lowest BCUT2D eigenvalue weighted by atomic mass is 10.1. The van der Waals surface area contributed by atoms with Gasteiger partial charge in [-0.15, -0.1) is 0 Å². The van der Waals surface area contributed by atoms with Crippen molar-refractivity contribution in [2.24, 2.45) is 0 Å². The molecule has 1 aromatic carbocycles. The average molecular weight is 422 g/mol. The van der Waals surface area contributed by atoms with Gasteiger partial charge in [-0.3, -0.25) is 9.59 Å². The van der Waals surface area contributed by atoms with Gasteiger partial charge in [0, 0.05) is 19.6 Å². The zero-order valence-corrected chi connectivity index (χ0v) is 17.9. The molecule has 0 aliphatic carbocycles. The number of hydrogen-bond acceptors (Lipinski definition) is 6. The summed E-state index contributed by atoms with van der Waals surface area (Å²) in [5, 5.41) is 3.74. The van der Waals surface area contributed by atoms with Gasteiger partial charge < -0.3 is 20.0 Å². The highest BCUT2D eigenvalue weighted by Crippen LogP contribution is 2.29. The lowest BCUT2D eigenvalue weighted by molar-refractivity contribution is -0.139. The third-order valence-corrected chi connectivity index (χ3v) is 6.60. The first kappa shape index (κ1) is 22.6. The summed E-state index contributed by atoms with van der Waals surface area (Å²) in [6.07, 6.45) is 1.37. The Morgan fingerprint density at radius 1 is 1.07 bits per heavy atom. The first-order valence-electron chi connectivity index (χ1n) is 9.18. The Hall–Kier alpha value is -2.65. The highest BCUT2D eigenvalue weighted by atomic mass is 32.2. The van der Waals surface area contributed by atoms with Gasteiger partial charge in [0.2, 0.25) is 0 Å². The van der Waals surface area contributed by atoms with Crippen molar-refractivity contribution in [3.05, 3.63) is 53.5 Å². The fourth-order valence-electron chi connectivity index (χ4n) is 2.63. The maximum atomic E-state index is 13.2. The molecule has 0 spiro atoms. The van der Waals surface area contributed by atoms with E-state index in [1.807, 2.05) is 32.8 Å². The van der Waals surface area contributed by atoms with Crippen molar-refractivity contribution in [3.63, 3.8) is 0 Å². The lowest BCUT2D eigenvalue weighted by Gasteiger charge is -2.17. The molecule has 1 heterocycles. The molecule has 0 aliphatic rings. The van der Waals surface area contributed by atoms with E-state index in [0.29, 0.717) is 13.1 Å². The van der Waals surface area contributed by atoms with Gasteiger partial charge in [0.25, 0.3) is 0 Å². The number of nitrogens with one attached hydrogen (secondary N) is 2. The van der Waals surface area contributed by atoms with Crippen molar-refractivity contribution in [1.29, 1.82) is 0 Å². The van der Waals surface area contributed by atoms with Crippen LogP contribution in [0.5, 0.6) is 0 Å². The van der Waals surface area contributed by atoms with Gasteiger partial charge in [-0.25, -0.2) is 8.42 Å². The Kier molecular flexibility index (Phi) is 7.58. The normalized spacial score (nSPS) is 12.6. The van der Waals surface area contributed by atoms with E-state index in [0.717, 1.165) is 11.1 Å². The van der Waals surface area contributed by atoms with Crippen LogP contribution < -0.4 is 10.6 Å². The molecule has 0 bridgehead atoms. The molecule has 158 valence electrons. The van der Waals surface area contributed by atoms with E-state index >= 15 is 0 Å². The molecule has 9 heteroatoms. The molecule has 8 nitrogen and oxygen atoms in total. The SMILES string of the molecule is Cc1ccc(S(=O)(=O)[C@H](CNC(=O)C(=O)NCCN(C)C)c2ccco2)cc1C. The van der Waals surface area contributed by atoms with Crippen LogP contribution in [0.15, 0.2) is 45.9 Å². The quantitative estimate of drug-likeness (QED) is 0.620. The summed E-state index contributed by atoms with van der Waals surface area (Å²) in [5.74, 6) is -1.51. The summed E-state index contributed by atoms with van der Waals surface area (Å²) in [6, 6.07) is 7.97. The van der Waals surface area contributed by atoms with Gasteiger partial charge in [0.05, 0.1) is 11.2 Å². The van der Waals surface area contributed by atoms with Crippen molar-refractivity contribution in [2.75, 3.05) is 33.7 Å². The second kappa shape index (κ2) is 9.71. The molecular formula is C20H27N3O5S. The lowest BCUT2D eigenvalue weighted by Crippen LogP contribution is -2.43. The van der Waals surface area contributed by atoms with Gasteiger partial charge in [0.15, 0.2) is 9.84 Å². The maximum absolute atomic E-state index is 13.2. The molecule has 2 rings (SSSR count). The summed E-state index contributed by atoms with van der Waals surface area (Å²) < 4.78 is 31.7. The molecule has 0 radical (unpaired) electrons. The number of benzene rings is 1. The first-order chi connectivity index (χ1) is 13.6. The second-order valence-corrected chi connectivity index (χ2v) is 9.19. The van der Waals surface area contributed by atoms with E-state index in [-0.39, 0.29) is 17.2 Å². The number of carbonyl (C=O) groups excluding carboxylic acids is 2. The minimum Gasteiger partial charge on any atom is -0.468 e. The van der Waals surface area contributed by atoms with Crippen molar-refractivity contribution in [2.45, 2.75) is 24.0 Å². The van der Waals surface area contributed by atoms with E-state index < -0.39 is 26.9 Å². The molecule has 1 atom stereocenters. The molecule has 0 saturated heterocycles. The molecule has 2 aromatic rings. The summed E-state index contributed by atoms with van der Waals surface area (Å²) in [5.41, 5.74) is 1.81. The number of nitrogens with zero attached hydrogens (tertiary/aromatic N) is 1.